The molecule has 5 aromatic rings. The molecule has 1 atom stereocenters. The lowest BCUT2D eigenvalue weighted by atomic mass is 10.1. The van der Waals surface area contributed by atoms with Crippen LogP contribution < -0.4 is 5.32 Å². The van der Waals surface area contributed by atoms with Crippen molar-refractivity contribution in [3.05, 3.63) is 87.9 Å². The van der Waals surface area contributed by atoms with Gasteiger partial charge in [-0.05, 0) is 49.9 Å². The van der Waals surface area contributed by atoms with Crippen LogP contribution in [-0.4, -0.2) is 25.4 Å². The van der Waals surface area contributed by atoms with Crippen LogP contribution in [0.25, 0.3) is 21.3 Å². The van der Waals surface area contributed by atoms with Crippen LogP contribution in [0, 0.1) is 13.8 Å². The first-order valence-electron chi connectivity index (χ1n) is 11.6. The van der Waals surface area contributed by atoms with Crippen LogP contribution in [0.1, 0.15) is 62.9 Å². The van der Waals surface area contributed by atoms with Crippen molar-refractivity contribution in [2.45, 2.75) is 38.6 Å². The van der Waals surface area contributed by atoms with E-state index < -0.39 is 0 Å². The van der Waals surface area contributed by atoms with Crippen molar-refractivity contribution < 1.29 is 4.79 Å². The van der Waals surface area contributed by atoms with E-state index in [0.717, 1.165) is 62.6 Å². The lowest BCUT2D eigenvalue weighted by Gasteiger charge is -2.19. The Labute approximate surface area is 201 Å². The van der Waals surface area contributed by atoms with Gasteiger partial charge in [-0.15, -0.1) is 11.3 Å². The summed E-state index contributed by atoms with van der Waals surface area (Å²) >= 11 is 1.46. The summed E-state index contributed by atoms with van der Waals surface area (Å²) in [6, 6.07) is 17.7. The van der Waals surface area contributed by atoms with E-state index in [0.29, 0.717) is 10.8 Å². The van der Waals surface area contributed by atoms with Gasteiger partial charge in [0, 0.05) is 18.4 Å². The number of carbonyl (C=O) groups is 1. The standard InChI is InChI=1S/C27H25N5OS/c1-15-21-16(2)28-24(18-13-14-18)31-27(21)34-23(15)26(33)30-22(17-9-5-4-6-10-17)25-29-19-11-7-8-12-20(19)32(25)3/h4-12,18,22H,13-14H2,1-3H3,(H,30,33). The second-order valence-corrected chi connectivity index (χ2v) is 10.0. The third kappa shape index (κ3) is 3.47. The number of imidazole rings is 1. The van der Waals surface area contributed by atoms with Crippen LogP contribution in [0.4, 0.5) is 0 Å². The highest BCUT2D eigenvalue weighted by Crippen LogP contribution is 2.40. The molecule has 3 aromatic heterocycles. The predicted molar refractivity (Wildman–Crippen MR) is 135 cm³/mol. The van der Waals surface area contributed by atoms with Crippen LogP contribution in [0.15, 0.2) is 54.6 Å². The van der Waals surface area contributed by atoms with Crippen LogP contribution in [0.3, 0.4) is 0 Å². The Bertz CT molecular complexity index is 1550. The Morgan fingerprint density at radius 1 is 1.03 bits per heavy atom. The number of fused-ring (bicyclic) bond motifs is 2. The Hall–Kier alpha value is -3.58. The highest BCUT2D eigenvalue weighted by atomic mass is 32.1. The van der Waals surface area contributed by atoms with E-state index in [2.05, 4.69) is 9.88 Å². The lowest BCUT2D eigenvalue weighted by Crippen LogP contribution is -2.31. The van der Waals surface area contributed by atoms with Gasteiger partial charge in [0.1, 0.15) is 22.5 Å². The molecule has 0 aliphatic heterocycles. The molecule has 1 aliphatic rings. The van der Waals surface area contributed by atoms with Crippen LogP contribution in [-0.2, 0) is 7.05 Å². The molecular weight excluding hydrogens is 442 g/mol. The largest absolute Gasteiger partial charge is 0.337 e. The van der Waals surface area contributed by atoms with E-state index in [1.807, 2.05) is 75.5 Å². The van der Waals surface area contributed by atoms with Gasteiger partial charge in [0.15, 0.2) is 0 Å². The van der Waals surface area contributed by atoms with E-state index in [-0.39, 0.29) is 11.9 Å². The summed E-state index contributed by atoms with van der Waals surface area (Å²) in [5.41, 5.74) is 4.82. The number of thiophene rings is 1. The highest BCUT2D eigenvalue weighted by molar-refractivity contribution is 7.20. The topological polar surface area (TPSA) is 72.7 Å². The van der Waals surface area contributed by atoms with Crippen molar-refractivity contribution in [2.75, 3.05) is 0 Å². The molecule has 1 N–H and O–H groups in total. The van der Waals surface area contributed by atoms with Gasteiger partial charge in [0.25, 0.3) is 5.91 Å². The first-order valence-corrected chi connectivity index (χ1v) is 12.4. The number of para-hydroxylation sites is 2. The Morgan fingerprint density at radius 2 is 1.76 bits per heavy atom. The molecule has 0 spiro atoms. The Morgan fingerprint density at radius 3 is 2.50 bits per heavy atom. The number of nitrogens with one attached hydrogen (secondary N) is 1. The van der Waals surface area contributed by atoms with Gasteiger partial charge in [-0.1, -0.05) is 42.5 Å². The molecule has 1 aliphatic carbocycles. The fourth-order valence-electron chi connectivity index (χ4n) is 4.66. The highest BCUT2D eigenvalue weighted by Gasteiger charge is 2.29. The molecule has 7 heteroatoms. The summed E-state index contributed by atoms with van der Waals surface area (Å²) in [6.07, 6.45) is 2.30. The van der Waals surface area contributed by atoms with Crippen molar-refractivity contribution >= 4 is 38.5 Å². The average Bonchev–Trinajstić information content (AvgIpc) is 3.58. The van der Waals surface area contributed by atoms with Crippen LogP contribution in [0.2, 0.25) is 0 Å². The fraction of sp³-hybridized carbons (Fsp3) is 0.259. The van der Waals surface area contributed by atoms with Gasteiger partial charge in [-0.3, -0.25) is 4.79 Å². The molecule has 1 unspecified atom stereocenters. The lowest BCUT2D eigenvalue weighted by molar-refractivity contribution is 0.0945. The van der Waals surface area contributed by atoms with Gasteiger partial charge in [-0.2, -0.15) is 0 Å². The molecule has 1 amide bonds. The zero-order valence-corrected chi connectivity index (χ0v) is 20.2. The molecule has 0 bridgehead atoms. The average molecular weight is 468 g/mol. The minimum atomic E-state index is -0.384. The first kappa shape index (κ1) is 21.0. The smallest absolute Gasteiger partial charge is 0.262 e. The molecule has 3 heterocycles. The normalized spacial score (nSPS) is 14.6. The molecule has 0 radical (unpaired) electrons. The number of hydrogen-bond donors (Lipinski definition) is 1. The summed E-state index contributed by atoms with van der Waals surface area (Å²) in [5, 5.41) is 4.28. The molecule has 1 saturated carbocycles. The van der Waals surface area contributed by atoms with E-state index >= 15 is 0 Å². The fourth-order valence-corrected chi connectivity index (χ4v) is 5.80. The van der Waals surface area contributed by atoms with Crippen molar-refractivity contribution in [1.82, 2.24) is 24.8 Å². The van der Waals surface area contributed by atoms with Gasteiger partial charge in [0.05, 0.1) is 21.6 Å². The van der Waals surface area contributed by atoms with Crippen molar-refractivity contribution in [2.24, 2.45) is 7.05 Å². The molecule has 1 fully saturated rings. The molecule has 6 nitrogen and oxygen atoms in total. The third-order valence-corrected chi connectivity index (χ3v) is 7.81. The first-order chi connectivity index (χ1) is 16.5. The van der Waals surface area contributed by atoms with Crippen molar-refractivity contribution in [3.8, 4) is 0 Å². The number of benzene rings is 2. The Balaban J connectivity index is 1.42. The monoisotopic (exact) mass is 467 g/mol. The number of aryl methyl sites for hydroxylation is 3. The van der Waals surface area contributed by atoms with Crippen LogP contribution in [0.5, 0.6) is 0 Å². The number of nitrogens with zero attached hydrogens (tertiary/aromatic N) is 4. The summed E-state index contributed by atoms with van der Waals surface area (Å²) < 4.78 is 2.06. The summed E-state index contributed by atoms with van der Waals surface area (Å²) in [6.45, 7) is 4.01. The van der Waals surface area contributed by atoms with E-state index in [1.165, 1.54) is 11.3 Å². The second kappa shape index (κ2) is 8.02. The minimum absolute atomic E-state index is 0.117. The molecule has 170 valence electrons. The Kier molecular flexibility index (Phi) is 4.95. The zero-order chi connectivity index (χ0) is 23.4. The van der Waals surface area contributed by atoms with Gasteiger partial charge < -0.3 is 9.88 Å². The van der Waals surface area contributed by atoms with Crippen LogP contribution >= 0.6 is 11.3 Å². The SMILES string of the molecule is Cc1nc(C2CC2)nc2sc(C(=O)NC(c3ccccc3)c3nc4ccccc4n3C)c(C)c12. The summed E-state index contributed by atoms with van der Waals surface area (Å²) in [7, 11) is 2.00. The van der Waals surface area contributed by atoms with Crippen molar-refractivity contribution in [1.29, 1.82) is 0 Å². The third-order valence-electron chi connectivity index (χ3n) is 6.63. The summed E-state index contributed by atoms with van der Waals surface area (Å²) in [5.74, 6) is 2.07. The molecule has 0 saturated heterocycles. The molecule has 34 heavy (non-hydrogen) atoms. The minimum Gasteiger partial charge on any atom is -0.337 e. The molecular formula is C27H25N5OS. The zero-order valence-electron chi connectivity index (χ0n) is 19.4. The number of rotatable bonds is 5. The maximum atomic E-state index is 13.7. The quantitative estimate of drug-likeness (QED) is 0.366. The number of amides is 1. The summed E-state index contributed by atoms with van der Waals surface area (Å²) in [4.78, 5) is 29.7. The maximum absolute atomic E-state index is 13.7. The maximum Gasteiger partial charge on any atom is 0.262 e. The van der Waals surface area contributed by atoms with Gasteiger partial charge in [0.2, 0.25) is 0 Å². The number of hydrogen-bond acceptors (Lipinski definition) is 5. The van der Waals surface area contributed by atoms with Gasteiger partial charge in [-0.25, -0.2) is 15.0 Å². The van der Waals surface area contributed by atoms with E-state index in [4.69, 9.17) is 15.0 Å². The predicted octanol–water partition coefficient (Wildman–Crippen LogP) is 5.59. The van der Waals surface area contributed by atoms with Crippen molar-refractivity contribution in [3.63, 3.8) is 0 Å². The molecule has 2 aromatic carbocycles. The molecule has 6 rings (SSSR count). The van der Waals surface area contributed by atoms with Gasteiger partial charge >= 0.3 is 0 Å². The number of aromatic nitrogens is 4. The van der Waals surface area contributed by atoms with E-state index in [9.17, 15) is 4.79 Å². The number of carbonyl (C=O) groups excluding carboxylic acids is 1. The van der Waals surface area contributed by atoms with E-state index in [1.54, 1.807) is 0 Å². The second-order valence-electron chi connectivity index (χ2n) is 9.01.